The van der Waals surface area contributed by atoms with Crippen molar-refractivity contribution < 1.29 is 14.3 Å². The van der Waals surface area contributed by atoms with E-state index in [1.165, 1.54) is 180 Å². The highest BCUT2D eigenvalue weighted by molar-refractivity contribution is 5.85. The van der Waals surface area contributed by atoms with Gasteiger partial charge >= 0.3 is 11.9 Å². The monoisotopic (exact) mass is 605 g/mol. The van der Waals surface area contributed by atoms with Gasteiger partial charge in [0.2, 0.25) is 0 Å². The fourth-order valence-electron chi connectivity index (χ4n) is 5.92. The van der Waals surface area contributed by atoms with Crippen LogP contribution in [-0.4, -0.2) is 11.9 Å². The Kier molecular flexibility index (Phi) is 36.1. The summed E-state index contributed by atoms with van der Waals surface area (Å²) in [6.07, 6.45) is 47.0. The van der Waals surface area contributed by atoms with Crippen LogP contribution in [-0.2, 0) is 14.3 Å². The van der Waals surface area contributed by atoms with Crippen molar-refractivity contribution in [3.63, 3.8) is 0 Å². The zero-order valence-electron chi connectivity index (χ0n) is 29.4. The van der Waals surface area contributed by atoms with E-state index in [9.17, 15) is 9.59 Å². The minimum atomic E-state index is -0.327. The number of allylic oxidation sites excluding steroid dienone is 2. The molecule has 3 nitrogen and oxygen atoms in total. The van der Waals surface area contributed by atoms with E-state index < -0.39 is 0 Å². The van der Waals surface area contributed by atoms with Crippen molar-refractivity contribution >= 4 is 11.9 Å². The summed E-state index contributed by atoms with van der Waals surface area (Å²) < 4.78 is 5.03. The number of rotatable bonds is 35. The second kappa shape index (κ2) is 37.1. The standard InChI is InChI=1S/C40H76O3/c1-3-5-7-9-11-13-15-17-19-21-23-25-27-29-31-33-35-37-39(41)43-40(42)38-36-34-32-30-28-26-24-22-20-18-16-14-12-10-8-6-4-2/h13,15H,3-12,14,16-38H2,1-2H3. The third-order valence-electron chi connectivity index (χ3n) is 8.85. The van der Waals surface area contributed by atoms with Gasteiger partial charge in [0, 0.05) is 12.8 Å². The summed E-state index contributed by atoms with van der Waals surface area (Å²) in [6.45, 7) is 4.55. The average Bonchev–Trinajstić information content (AvgIpc) is 3.00. The molecule has 0 amide bonds. The molecule has 0 unspecified atom stereocenters. The van der Waals surface area contributed by atoms with Crippen LogP contribution < -0.4 is 0 Å². The van der Waals surface area contributed by atoms with Crippen molar-refractivity contribution in [2.75, 3.05) is 0 Å². The summed E-state index contributed by atoms with van der Waals surface area (Å²) in [4.78, 5) is 23.9. The Balaban J connectivity index is 3.29. The van der Waals surface area contributed by atoms with Crippen molar-refractivity contribution in [1.82, 2.24) is 0 Å². The summed E-state index contributed by atoms with van der Waals surface area (Å²) in [5.74, 6) is -0.652. The number of carbonyl (C=O) groups excluding carboxylic acids is 2. The van der Waals surface area contributed by atoms with Crippen LogP contribution in [0.1, 0.15) is 232 Å². The van der Waals surface area contributed by atoms with Gasteiger partial charge in [0.1, 0.15) is 0 Å². The first kappa shape index (κ1) is 41.9. The quantitative estimate of drug-likeness (QED) is 0.0313. The van der Waals surface area contributed by atoms with Crippen molar-refractivity contribution in [1.29, 1.82) is 0 Å². The van der Waals surface area contributed by atoms with E-state index in [0.29, 0.717) is 12.8 Å². The fourth-order valence-corrected chi connectivity index (χ4v) is 5.92. The molecule has 0 aromatic rings. The Morgan fingerprint density at radius 1 is 0.349 bits per heavy atom. The molecule has 0 aromatic carbocycles. The molecule has 0 radical (unpaired) electrons. The van der Waals surface area contributed by atoms with E-state index >= 15 is 0 Å². The van der Waals surface area contributed by atoms with Gasteiger partial charge < -0.3 is 4.74 Å². The van der Waals surface area contributed by atoms with Crippen LogP contribution in [0.3, 0.4) is 0 Å². The molecule has 0 atom stereocenters. The number of esters is 2. The lowest BCUT2D eigenvalue weighted by molar-refractivity contribution is -0.159. The minimum absolute atomic E-state index is 0.326. The second-order valence-electron chi connectivity index (χ2n) is 13.3. The molecule has 0 aliphatic rings. The average molecular weight is 605 g/mol. The van der Waals surface area contributed by atoms with Gasteiger partial charge in [-0.3, -0.25) is 9.59 Å². The second-order valence-corrected chi connectivity index (χ2v) is 13.3. The molecule has 0 bridgehead atoms. The molecule has 0 aliphatic heterocycles. The van der Waals surface area contributed by atoms with Crippen LogP contribution in [0.15, 0.2) is 12.2 Å². The van der Waals surface area contributed by atoms with Gasteiger partial charge in [0.15, 0.2) is 0 Å². The van der Waals surface area contributed by atoms with E-state index in [1.807, 2.05) is 0 Å². The van der Waals surface area contributed by atoms with E-state index in [-0.39, 0.29) is 11.9 Å². The van der Waals surface area contributed by atoms with Gasteiger partial charge in [-0.2, -0.15) is 0 Å². The largest absolute Gasteiger partial charge is 0.393 e. The van der Waals surface area contributed by atoms with Gasteiger partial charge in [-0.15, -0.1) is 0 Å². The maximum Gasteiger partial charge on any atom is 0.313 e. The minimum Gasteiger partial charge on any atom is -0.393 e. The lowest BCUT2D eigenvalue weighted by Crippen LogP contribution is -2.11. The Hall–Kier alpha value is -1.12. The molecule has 0 fully saturated rings. The normalized spacial score (nSPS) is 11.5. The summed E-state index contributed by atoms with van der Waals surface area (Å²) in [5.41, 5.74) is 0. The predicted octanol–water partition coefficient (Wildman–Crippen LogP) is 13.9. The van der Waals surface area contributed by atoms with Crippen molar-refractivity contribution in [2.24, 2.45) is 0 Å². The molecule has 3 heteroatoms. The van der Waals surface area contributed by atoms with Crippen LogP contribution in [0, 0.1) is 0 Å². The van der Waals surface area contributed by atoms with Crippen molar-refractivity contribution in [2.45, 2.75) is 232 Å². The van der Waals surface area contributed by atoms with E-state index in [0.717, 1.165) is 25.7 Å². The van der Waals surface area contributed by atoms with Gasteiger partial charge in [-0.1, -0.05) is 193 Å². The molecule has 0 heterocycles. The Morgan fingerprint density at radius 2 is 0.581 bits per heavy atom. The fraction of sp³-hybridized carbons (Fsp3) is 0.900. The molecular formula is C40H76O3. The third-order valence-corrected chi connectivity index (χ3v) is 8.85. The molecule has 0 rings (SSSR count). The molecule has 0 aromatic heterocycles. The Morgan fingerprint density at radius 3 is 0.884 bits per heavy atom. The summed E-state index contributed by atoms with van der Waals surface area (Å²) >= 11 is 0. The van der Waals surface area contributed by atoms with Gasteiger partial charge in [0.05, 0.1) is 0 Å². The molecule has 254 valence electrons. The van der Waals surface area contributed by atoms with Crippen LogP contribution in [0.5, 0.6) is 0 Å². The zero-order chi connectivity index (χ0) is 31.3. The van der Waals surface area contributed by atoms with E-state index in [4.69, 9.17) is 4.74 Å². The van der Waals surface area contributed by atoms with Crippen molar-refractivity contribution in [3.8, 4) is 0 Å². The summed E-state index contributed by atoms with van der Waals surface area (Å²) in [6, 6.07) is 0. The SMILES string of the molecule is CCCCCCC=CCCCCCCCCCCCC(=O)OC(=O)CCCCCCCCCCCCCCCCCCC. The highest BCUT2D eigenvalue weighted by Gasteiger charge is 2.10. The molecule has 0 spiro atoms. The molecular weight excluding hydrogens is 528 g/mol. The first-order chi connectivity index (χ1) is 21.2. The topological polar surface area (TPSA) is 43.4 Å². The lowest BCUT2D eigenvalue weighted by atomic mass is 10.0. The zero-order valence-corrected chi connectivity index (χ0v) is 29.4. The smallest absolute Gasteiger partial charge is 0.313 e. The maximum atomic E-state index is 11.9. The molecule has 0 N–H and O–H groups in total. The van der Waals surface area contributed by atoms with Gasteiger partial charge in [0.25, 0.3) is 0 Å². The highest BCUT2D eigenvalue weighted by Crippen LogP contribution is 2.15. The van der Waals surface area contributed by atoms with Gasteiger partial charge in [-0.05, 0) is 38.5 Å². The molecule has 43 heavy (non-hydrogen) atoms. The lowest BCUT2D eigenvalue weighted by Gasteiger charge is -2.05. The first-order valence-electron chi connectivity index (χ1n) is 19.6. The van der Waals surface area contributed by atoms with Crippen LogP contribution >= 0.6 is 0 Å². The highest BCUT2D eigenvalue weighted by atomic mass is 16.6. The Bertz CT molecular complexity index is 597. The first-order valence-corrected chi connectivity index (χ1v) is 19.6. The molecule has 0 saturated heterocycles. The van der Waals surface area contributed by atoms with E-state index in [2.05, 4.69) is 26.0 Å². The number of hydrogen-bond donors (Lipinski definition) is 0. The summed E-state index contributed by atoms with van der Waals surface area (Å²) in [7, 11) is 0. The molecule has 0 saturated carbocycles. The number of unbranched alkanes of at least 4 members (excludes halogenated alkanes) is 29. The summed E-state index contributed by atoms with van der Waals surface area (Å²) in [5, 5.41) is 0. The van der Waals surface area contributed by atoms with E-state index in [1.54, 1.807) is 0 Å². The Labute approximate surface area is 270 Å². The van der Waals surface area contributed by atoms with Gasteiger partial charge in [-0.25, -0.2) is 0 Å². The van der Waals surface area contributed by atoms with Crippen LogP contribution in [0.4, 0.5) is 0 Å². The predicted molar refractivity (Wildman–Crippen MR) is 189 cm³/mol. The number of hydrogen-bond acceptors (Lipinski definition) is 3. The van der Waals surface area contributed by atoms with Crippen LogP contribution in [0.2, 0.25) is 0 Å². The molecule has 0 aliphatic carbocycles. The maximum absolute atomic E-state index is 11.9. The number of ether oxygens (including phenoxy) is 1. The third kappa shape index (κ3) is 37.0. The number of carbonyl (C=O) groups is 2. The van der Waals surface area contributed by atoms with Crippen molar-refractivity contribution in [3.05, 3.63) is 12.2 Å². The van der Waals surface area contributed by atoms with Crippen LogP contribution in [0.25, 0.3) is 0 Å².